The van der Waals surface area contributed by atoms with E-state index in [2.05, 4.69) is 5.32 Å². The van der Waals surface area contributed by atoms with Gasteiger partial charge in [-0.1, -0.05) is 0 Å². The summed E-state index contributed by atoms with van der Waals surface area (Å²) >= 11 is 0. The Balaban J connectivity index is 0.00000242. The number of ketones is 1. The standard InChI is InChI=1S/C16H23NO4.ClH/c1-16(2)9-11(18)8-12(17-16)10-6-13(19-3)15(21-5)14(7-10)20-4;/h6-7,12,17H,8-9H2,1-5H3;1H. The predicted molar refractivity (Wildman–Crippen MR) is 87.5 cm³/mol. The molecule has 1 heterocycles. The van der Waals surface area contributed by atoms with Crippen molar-refractivity contribution in [3.8, 4) is 17.2 Å². The van der Waals surface area contributed by atoms with Crippen LogP contribution in [0.4, 0.5) is 0 Å². The average molecular weight is 330 g/mol. The fraction of sp³-hybridized carbons (Fsp3) is 0.562. The molecule has 0 spiro atoms. The molecule has 1 unspecified atom stereocenters. The summed E-state index contributed by atoms with van der Waals surface area (Å²) in [5, 5.41) is 3.51. The second kappa shape index (κ2) is 7.20. The van der Waals surface area contributed by atoms with Gasteiger partial charge in [0.25, 0.3) is 0 Å². The van der Waals surface area contributed by atoms with Crippen LogP contribution in [-0.2, 0) is 4.79 Å². The molecule has 0 bridgehead atoms. The Labute approximate surface area is 137 Å². The van der Waals surface area contributed by atoms with Gasteiger partial charge in [-0.2, -0.15) is 0 Å². The maximum atomic E-state index is 12.0. The highest BCUT2D eigenvalue weighted by Crippen LogP contribution is 2.41. The van der Waals surface area contributed by atoms with Gasteiger partial charge in [0.05, 0.1) is 21.3 Å². The Bertz CT molecular complexity index is 520. The van der Waals surface area contributed by atoms with Crippen LogP contribution in [-0.4, -0.2) is 32.7 Å². The third-order valence-corrected chi connectivity index (χ3v) is 3.73. The summed E-state index contributed by atoms with van der Waals surface area (Å²) in [5.74, 6) is 2.02. The molecule has 124 valence electrons. The Hall–Kier alpha value is -1.46. The lowest BCUT2D eigenvalue weighted by atomic mass is 9.85. The number of hydrogen-bond donors (Lipinski definition) is 1. The fourth-order valence-electron chi connectivity index (χ4n) is 2.87. The molecule has 5 nitrogen and oxygen atoms in total. The summed E-state index contributed by atoms with van der Waals surface area (Å²) in [6.07, 6.45) is 1.02. The van der Waals surface area contributed by atoms with E-state index in [0.717, 1.165) is 5.56 Å². The maximum Gasteiger partial charge on any atom is 0.203 e. The second-order valence-electron chi connectivity index (χ2n) is 5.96. The fourth-order valence-corrected chi connectivity index (χ4v) is 2.87. The highest BCUT2D eigenvalue weighted by atomic mass is 35.5. The van der Waals surface area contributed by atoms with Gasteiger partial charge in [0.2, 0.25) is 5.75 Å². The molecule has 1 aliphatic heterocycles. The van der Waals surface area contributed by atoms with Crippen molar-refractivity contribution < 1.29 is 19.0 Å². The van der Waals surface area contributed by atoms with Crippen molar-refractivity contribution in [1.82, 2.24) is 5.32 Å². The average Bonchev–Trinajstić information content (AvgIpc) is 2.43. The van der Waals surface area contributed by atoms with E-state index in [9.17, 15) is 4.79 Å². The van der Waals surface area contributed by atoms with Crippen LogP contribution in [0.25, 0.3) is 0 Å². The number of halogens is 1. The summed E-state index contributed by atoms with van der Waals surface area (Å²) < 4.78 is 16.1. The van der Waals surface area contributed by atoms with Crippen LogP contribution in [0.3, 0.4) is 0 Å². The first-order valence-corrected chi connectivity index (χ1v) is 6.99. The lowest BCUT2D eigenvalue weighted by Crippen LogP contribution is -2.48. The Morgan fingerprint density at radius 2 is 1.64 bits per heavy atom. The topological polar surface area (TPSA) is 56.8 Å². The van der Waals surface area contributed by atoms with Crippen LogP contribution in [0.5, 0.6) is 17.2 Å². The molecule has 2 rings (SSSR count). The van der Waals surface area contributed by atoms with Crippen LogP contribution in [0.1, 0.15) is 38.3 Å². The van der Waals surface area contributed by atoms with Gasteiger partial charge in [-0.25, -0.2) is 0 Å². The highest BCUT2D eigenvalue weighted by Gasteiger charge is 2.33. The molecular weight excluding hydrogens is 306 g/mol. The molecule has 0 radical (unpaired) electrons. The molecule has 22 heavy (non-hydrogen) atoms. The van der Waals surface area contributed by atoms with E-state index in [1.54, 1.807) is 21.3 Å². The van der Waals surface area contributed by atoms with Crippen LogP contribution < -0.4 is 19.5 Å². The first-order chi connectivity index (χ1) is 9.90. The SMILES string of the molecule is COc1cc(C2CC(=O)CC(C)(C)N2)cc(OC)c1OC.Cl. The third kappa shape index (κ3) is 3.84. The number of benzene rings is 1. The van der Waals surface area contributed by atoms with Crippen LogP contribution in [0, 0.1) is 0 Å². The molecule has 0 saturated carbocycles. The zero-order chi connectivity index (χ0) is 15.6. The highest BCUT2D eigenvalue weighted by molar-refractivity contribution is 5.85. The van der Waals surface area contributed by atoms with E-state index >= 15 is 0 Å². The van der Waals surface area contributed by atoms with Gasteiger partial charge < -0.3 is 19.5 Å². The first-order valence-electron chi connectivity index (χ1n) is 6.99. The zero-order valence-corrected chi connectivity index (χ0v) is 14.5. The summed E-state index contributed by atoms with van der Waals surface area (Å²) in [6.45, 7) is 4.07. The van der Waals surface area contributed by atoms with Gasteiger partial charge in [-0.05, 0) is 31.5 Å². The minimum absolute atomic E-state index is 0. The number of piperidine rings is 1. The van der Waals surface area contributed by atoms with Gasteiger partial charge in [0.15, 0.2) is 11.5 Å². The largest absolute Gasteiger partial charge is 0.493 e. The minimum Gasteiger partial charge on any atom is -0.493 e. The van der Waals surface area contributed by atoms with Gasteiger partial charge >= 0.3 is 0 Å². The van der Waals surface area contributed by atoms with Crippen molar-refractivity contribution in [3.63, 3.8) is 0 Å². The summed E-state index contributed by atoms with van der Waals surface area (Å²) in [4.78, 5) is 12.0. The smallest absolute Gasteiger partial charge is 0.203 e. The summed E-state index contributed by atoms with van der Waals surface area (Å²) in [5.41, 5.74) is 0.756. The molecule has 1 saturated heterocycles. The van der Waals surface area contributed by atoms with E-state index in [0.29, 0.717) is 30.1 Å². The molecule has 0 aliphatic carbocycles. The molecule has 0 aromatic heterocycles. The van der Waals surface area contributed by atoms with Crippen molar-refractivity contribution >= 4 is 18.2 Å². The minimum atomic E-state index is -0.208. The normalized spacial score (nSPS) is 20.0. The number of carbonyl (C=O) groups excluding carboxylic acids is 1. The quantitative estimate of drug-likeness (QED) is 0.920. The number of methoxy groups -OCH3 is 3. The molecule has 1 aromatic carbocycles. The second-order valence-corrected chi connectivity index (χ2v) is 5.96. The molecular formula is C16H24ClNO4. The van der Waals surface area contributed by atoms with Crippen LogP contribution >= 0.6 is 12.4 Å². The van der Waals surface area contributed by atoms with Gasteiger partial charge in [-0.15, -0.1) is 12.4 Å². The number of rotatable bonds is 4. The van der Waals surface area contributed by atoms with E-state index < -0.39 is 0 Å². The van der Waals surface area contributed by atoms with E-state index in [1.165, 1.54) is 0 Å². The molecule has 1 aromatic rings. The van der Waals surface area contributed by atoms with Crippen molar-refractivity contribution in [2.45, 2.75) is 38.3 Å². The van der Waals surface area contributed by atoms with Crippen molar-refractivity contribution in [2.24, 2.45) is 0 Å². The van der Waals surface area contributed by atoms with Gasteiger partial charge in [0, 0.05) is 24.4 Å². The first kappa shape index (κ1) is 18.6. The van der Waals surface area contributed by atoms with Crippen LogP contribution in [0.2, 0.25) is 0 Å². The van der Waals surface area contributed by atoms with Crippen LogP contribution in [0.15, 0.2) is 12.1 Å². The van der Waals surface area contributed by atoms with E-state index in [1.807, 2.05) is 26.0 Å². The van der Waals surface area contributed by atoms with E-state index in [-0.39, 0.29) is 29.8 Å². The van der Waals surface area contributed by atoms with Crippen molar-refractivity contribution in [2.75, 3.05) is 21.3 Å². The summed E-state index contributed by atoms with van der Waals surface area (Å²) in [6, 6.07) is 3.75. The predicted octanol–water partition coefficient (Wildman–Crippen LogP) is 2.91. The molecule has 1 atom stereocenters. The third-order valence-electron chi connectivity index (χ3n) is 3.73. The molecule has 1 fully saturated rings. The number of Topliss-reactive ketones (excluding diaryl/α,β-unsaturated/α-hetero) is 1. The zero-order valence-electron chi connectivity index (χ0n) is 13.7. The van der Waals surface area contributed by atoms with Crippen molar-refractivity contribution in [3.05, 3.63) is 17.7 Å². The van der Waals surface area contributed by atoms with Crippen molar-refractivity contribution in [1.29, 1.82) is 0 Å². The lowest BCUT2D eigenvalue weighted by molar-refractivity contribution is -0.122. The number of nitrogens with one attached hydrogen (secondary N) is 1. The lowest BCUT2D eigenvalue weighted by Gasteiger charge is -2.36. The summed E-state index contributed by atoms with van der Waals surface area (Å²) in [7, 11) is 4.75. The Morgan fingerprint density at radius 1 is 1.09 bits per heavy atom. The number of carbonyl (C=O) groups is 1. The van der Waals surface area contributed by atoms with Gasteiger partial charge in [0.1, 0.15) is 5.78 Å². The maximum absolute atomic E-state index is 12.0. The molecule has 1 N–H and O–H groups in total. The Kier molecular flexibility index (Phi) is 6.08. The Morgan fingerprint density at radius 3 is 2.05 bits per heavy atom. The van der Waals surface area contributed by atoms with Gasteiger partial charge in [-0.3, -0.25) is 4.79 Å². The molecule has 6 heteroatoms. The van der Waals surface area contributed by atoms with E-state index in [4.69, 9.17) is 14.2 Å². The molecule has 1 aliphatic rings. The monoisotopic (exact) mass is 329 g/mol. The number of hydrogen-bond acceptors (Lipinski definition) is 5. The number of ether oxygens (including phenoxy) is 3. The molecule has 0 amide bonds.